The van der Waals surface area contributed by atoms with E-state index >= 15 is 0 Å². The second-order valence-electron chi connectivity index (χ2n) is 4.01. The minimum atomic E-state index is -0.0667. The fourth-order valence-corrected chi connectivity index (χ4v) is 1.95. The molecular weight excluding hydrogens is 206 g/mol. The molecule has 1 saturated heterocycles. The van der Waals surface area contributed by atoms with Gasteiger partial charge in [0.05, 0.1) is 6.04 Å². The summed E-state index contributed by atoms with van der Waals surface area (Å²) in [7, 11) is 1.80. The standard InChI is InChI=1S/C11H21N3O2/c1-3-13-10(15)6-8-14-7-4-5-9(12-2)11(14)16/h9,12H,3-8H2,1-2H3,(H,13,15). The lowest BCUT2D eigenvalue weighted by Crippen LogP contribution is -2.50. The Bertz CT molecular complexity index is 256. The van der Waals surface area contributed by atoms with Crippen LogP contribution in [0, 0.1) is 0 Å². The Morgan fingerprint density at radius 2 is 2.31 bits per heavy atom. The van der Waals surface area contributed by atoms with Crippen LogP contribution in [0.15, 0.2) is 0 Å². The van der Waals surface area contributed by atoms with Gasteiger partial charge in [-0.2, -0.15) is 0 Å². The summed E-state index contributed by atoms with van der Waals surface area (Å²) in [6.07, 6.45) is 2.30. The van der Waals surface area contributed by atoms with Gasteiger partial charge in [0.1, 0.15) is 0 Å². The largest absolute Gasteiger partial charge is 0.356 e. The quantitative estimate of drug-likeness (QED) is 0.679. The van der Waals surface area contributed by atoms with Crippen LogP contribution in [0.4, 0.5) is 0 Å². The Labute approximate surface area is 96.6 Å². The molecule has 92 valence electrons. The molecule has 1 heterocycles. The van der Waals surface area contributed by atoms with E-state index in [0.717, 1.165) is 19.4 Å². The highest BCUT2D eigenvalue weighted by Gasteiger charge is 2.27. The molecule has 1 rings (SSSR count). The van der Waals surface area contributed by atoms with Crippen molar-refractivity contribution in [1.82, 2.24) is 15.5 Å². The van der Waals surface area contributed by atoms with Crippen LogP contribution in [0.1, 0.15) is 26.2 Å². The maximum absolute atomic E-state index is 11.9. The van der Waals surface area contributed by atoms with Gasteiger partial charge in [-0.05, 0) is 26.8 Å². The van der Waals surface area contributed by atoms with Gasteiger partial charge in [0.15, 0.2) is 0 Å². The highest BCUT2D eigenvalue weighted by molar-refractivity contribution is 5.83. The molecule has 5 nitrogen and oxygen atoms in total. The van der Waals surface area contributed by atoms with Crippen LogP contribution >= 0.6 is 0 Å². The van der Waals surface area contributed by atoms with E-state index in [1.54, 1.807) is 11.9 Å². The van der Waals surface area contributed by atoms with Crippen LogP contribution in [-0.2, 0) is 9.59 Å². The number of amides is 2. The van der Waals surface area contributed by atoms with Crippen LogP contribution in [-0.4, -0.2) is 49.4 Å². The zero-order chi connectivity index (χ0) is 12.0. The Kier molecular flexibility index (Phi) is 5.25. The maximum atomic E-state index is 11.9. The van der Waals surface area contributed by atoms with E-state index < -0.39 is 0 Å². The smallest absolute Gasteiger partial charge is 0.239 e. The van der Waals surface area contributed by atoms with E-state index in [-0.39, 0.29) is 17.9 Å². The normalized spacial score (nSPS) is 21.0. The summed E-state index contributed by atoms with van der Waals surface area (Å²) >= 11 is 0. The molecule has 2 N–H and O–H groups in total. The third-order valence-corrected chi connectivity index (χ3v) is 2.86. The summed E-state index contributed by atoms with van der Waals surface area (Å²) in [5.41, 5.74) is 0. The number of hydrogen-bond donors (Lipinski definition) is 2. The van der Waals surface area contributed by atoms with Crippen molar-refractivity contribution in [3.8, 4) is 0 Å². The molecule has 1 fully saturated rings. The second-order valence-corrected chi connectivity index (χ2v) is 4.01. The summed E-state index contributed by atoms with van der Waals surface area (Å²) in [6, 6.07) is -0.0667. The Morgan fingerprint density at radius 1 is 1.56 bits per heavy atom. The summed E-state index contributed by atoms with van der Waals surface area (Å²) in [6.45, 7) is 3.84. The van der Waals surface area contributed by atoms with Crippen molar-refractivity contribution >= 4 is 11.8 Å². The van der Waals surface area contributed by atoms with E-state index in [9.17, 15) is 9.59 Å². The van der Waals surface area contributed by atoms with Gasteiger partial charge in [-0.3, -0.25) is 9.59 Å². The molecule has 1 aliphatic heterocycles. The molecule has 0 radical (unpaired) electrons. The van der Waals surface area contributed by atoms with Gasteiger partial charge in [0, 0.05) is 26.1 Å². The molecule has 2 amide bonds. The van der Waals surface area contributed by atoms with E-state index in [0.29, 0.717) is 19.5 Å². The van der Waals surface area contributed by atoms with E-state index in [1.165, 1.54) is 0 Å². The second kappa shape index (κ2) is 6.48. The Hall–Kier alpha value is -1.10. The number of rotatable bonds is 5. The zero-order valence-corrected chi connectivity index (χ0v) is 10.1. The molecule has 0 bridgehead atoms. The minimum absolute atomic E-state index is 0.0156. The van der Waals surface area contributed by atoms with E-state index in [2.05, 4.69) is 10.6 Å². The van der Waals surface area contributed by atoms with Crippen LogP contribution in [0.2, 0.25) is 0 Å². The van der Waals surface area contributed by atoms with E-state index in [1.807, 2.05) is 6.92 Å². The molecular formula is C11H21N3O2. The van der Waals surface area contributed by atoms with Crippen molar-refractivity contribution in [1.29, 1.82) is 0 Å². The summed E-state index contributed by atoms with van der Waals surface area (Å²) in [4.78, 5) is 24.9. The van der Waals surface area contributed by atoms with Crippen LogP contribution in [0.5, 0.6) is 0 Å². The maximum Gasteiger partial charge on any atom is 0.239 e. The summed E-state index contributed by atoms with van der Waals surface area (Å²) in [5.74, 6) is 0.139. The highest BCUT2D eigenvalue weighted by atomic mass is 16.2. The first kappa shape index (κ1) is 13.0. The highest BCUT2D eigenvalue weighted by Crippen LogP contribution is 2.11. The molecule has 1 unspecified atom stereocenters. The first-order chi connectivity index (χ1) is 7.69. The number of likely N-dealkylation sites (tertiary alicyclic amines) is 1. The van der Waals surface area contributed by atoms with Gasteiger partial charge in [-0.15, -0.1) is 0 Å². The average Bonchev–Trinajstić information content (AvgIpc) is 2.28. The van der Waals surface area contributed by atoms with Crippen molar-refractivity contribution in [3.05, 3.63) is 0 Å². The third-order valence-electron chi connectivity index (χ3n) is 2.86. The average molecular weight is 227 g/mol. The van der Waals surface area contributed by atoms with Crippen LogP contribution in [0.25, 0.3) is 0 Å². The predicted octanol–water partition coefficient (Wildman–Crippen LogP) is -0.277. The molecule has 0 aliphatic carbocycles. The molecule has 5 heteroatoms. The molecule has 16 heavy (non-hydrogen) atoms. The van der Waals surface area contributed by atoms with Crippen molar-refractivity contribution in [2.75, 3.05) is 26.7 Å². The summed E-state index contributed by atoms with van der Waals surface area (Å²) < 4.78 is 0. The number of hydrogen-bond acceptors (Lipinski definition) is 3. The number of likely N-dealkylation sites (N-methyl/N-ethyl adjacent to an activating group) is 1. The van der Waals surface area contributed by atoms with Crippen molar-refractivity contribution in [3.63, 3.8) is 0 Å². The van der Waals surface area contributed by atoms with Gasteiger partial charge in [-0.1, -0.05) is 0 Å². The fraction of sp³-hybridized carbons (Fsp3) is 0.818. The molecule has 0 aromatic carbocycles. The van der Waals surface area contributed by atoms with Crippen LogP contribution < -0.4 is 10.6 Å². The molecule has 0 saturated carbocycles. The lowest BCUT2D eigenvalue weighted by Gasteiger charge is -2.31. The minimum Gasteiger partial charge on any atom is -0.356 e. The monoisotopic (exact) mass is 227 g/mol. The fourth-order valence-electron chi connectivity index (χ4n) is 1.95. The predicted molar refractivity (Wildman–Crippen MR) is 62.0 cm³/mol. The molecule has 1 atom stereocenters. The molecule has 0 spiro atoms. The third kappa shape index (κ3) is 3.48. The SMILES string of the molecule is CCNC(=O)CCN1CCCC(NC)C1=O. The van der Waals surface area contributed by atoms with Crippen molar-refractivity contribution in [2.45, 2.75) is 32.2 Å². The van der Waals surface area contributed by atoms with Crippen molar-refractivity contribution in [2.24, 2.45) is 0 Å². The number of carbonyl (C=O) groups excluding carboxylic acids is 2. The molecule has 0 aromatic heterocycles. The van der Waals surface area contributed by atoms with Crippen LogP contribution in [0.3, 0.4) is 0 Å². The summed E-state index contributed by atoms with van der Waals surface area (Å²) in [5, 5.41) is 5.74. The number of nitrogens with one attached hydrogen (secondary N) is 2. The molecule has 0 aromatic rings. The Balaban J connectivity index is 2.35. The lowest BCUT2D eigenvalue weighted by molar-refractivity contribution is -0.136. The molecule has 1 aliphatic rings. The topological polar surface area (TPSA) is 61.4 Å². The number of nitrogens with zero attached hydrogens (tertiary/aromatic N) is 1. The van der Waals surface area contributed by atoms with Gasteiger partial charge < -0.3 is 15.5 Å². The van der Waals surface area contributed by atoms with Gasteiger partial charge in [0.2, 0.25) is 11.8 Å². The number of carbonyl (C=O) groups is 2. The Morgan fingerprint density at radius 3 is 2.94 bits per heavy atom. The first-order valence-corrected chi connectivity index (χ1v) is 5.91. The van der Waals surface area contributed by atoms with E-state index in [4.69, 9.17) is 0 Å². The number of piperidine rings is 1. The van der Waals surface area contributed by atoms with Gasteiger partial charge in [-0.25, -0.2) is 0 Å². The van der Waals surface area contributed by atoms with Gasteiger partial charge >= 0.3 is 0 Å². The van der Waals surface area contributed by atoms with Gasteiger partial charge in [0.25, 0.3) is 0 Å². The van der Waals surface area contributed by atoms with Crippen molar-refractivity contribution < 1.29 is 9.59 Å². The lowest BCUT2D eigenvalue weighted by atomic mass is 10.0. The zero-order valence-electron chi connectivity index (χ0n) is 10.1. The first-order valence-electron chi connectivity index (χ1n) is 5.91.